The third-order valence-electron chi connectivity index (χ3n) is 5.97. The van der Waals surface area contributed by atoms with E-state index in [2.05, 4.69) is 5.32 Å². The van der Waals surface area contributed by atoms with Crippen LogP contribution in [0, 0.1) is 6.92 Å². The minimum Gasteiger partial charge on any atom is -0.354 e. The number of hydrogen-bond acceptors (Lipinski definition) is 4. The van der Waals surface area contributed by atoms with E-state index in [1.54, 1.807) is 55.5 Å². The van der Waals surface area contributed by atoms with E-state index in [0.29, 0.717) is 12.2 Å². The number of nitrogens with zero attached hydrogens (tertiary/aromatic N) is 2. The van der Waals surface area contributed by atoms with Crippen LogP contribution in [0.2, 0.25) is 0 Å². The van der Waals surface area contributed by atoms with Gasteiger partial charge in [0.2, 0.25) is 11.8 Å². The number of carbonyl (C=O) groups is 2. The molecule has 0 aromatic heterocycles. The molecule has 0 unspecified atom stereocenters. The maximum atomic E-state index is 13.8. The molecule has 0 aliphatic heterocycles. The Kier molecular flexibility index (Phi) is 9.25. The normalized spacial score (nSPS) is 12.0. The summed E-state index contributed by atoms with van der Waals surface area (Å²) in [6.07, 6.45) is 0.765. The molecule has 0 saturated carbocycles. The van der Waals surface area contributed by atoms with Gasteiger partial charge in [0, 0.05) is 13.1 Å². The molecular weight excluding hydrogens is 474 g/mol. The number of anilines is 1. The van der Waals surface area contributed by atoms with Gasteiger partial charge in [-0.15, -0.1) is 0 Å². The molecule has 36 heavy (non-hydrogen) atoms. The van der Waals surface area contributed by atoms with Crippen LogP contribution >= 0.6 is 0 Å². The standard InChI is InChI=1S/C28H33N3O4S/c1-4-19-29-28(33)23(3)30(20-24-14-12-11-13-22(24)2)27(32)21-31(25-15-7-5-8-16-25)36(34,35)26-17-9-6-10-18-26/h5-18,23H,4,19-21H2,1-3H3,(H,29,33)/t23-/m1/s1. The van der Waals surface area contributed by atoms with Crippen LogP contribution < -0.4 is 9.62 Å². The Bertz CT molecular complexity index is 1260. The lowest BCUT2D eigenvalue weighted by atomic mass is 10.1. The number of para-hydroxylation sites is 1. The molecule has 0 saturated heterocycles. The minimum absolute atomic E-state index is 0.0841. The number of sulfonamides is 1. The zero-order chi connectivity index (χ0) is 26.1. The molecule has 0 heterocycles. The zero-order valence-electron chi connectivity index (χ0n) is 20.9. The van der Waals surface area contributed by atoms with E-state index < -0.39 is 28.5 Å². The smallest absolute Gasteiger partial charge is 0.264 e. The highest BCUT2D eigenvalue weighted by atomic mass is 32.2. The molecule has 2 amide bonds. The summed E-state index contributed by atoms with van der Waals surface area (Å²) in [5.41, 5.74) is 2.24. The van der Waals surface area contributed by atoms with Gasteiger partial charge in [-0.2, -0.15) is 0 Å². The summed E-state index contributed by atoms with van der Waals surface area (Å²) in [5, 5.41) is 2.84. The number of amides is 2. The summed E-state index contributed by atoms with van der Waals surface area (Å²) in [5.74, 6) is -0.753. The summed E-state index contributed by atoms with van der Waals surface area (Å²) in [6, 6.07) is 23.4. The molecular formula is C28H33N3O4S. The fraction of sp³-hybridized carbons (Fsp3) is 0.286. The largest absolute Gasteiger partial charge is 0.354 e. The third-order valence-corrected chi connectivity index (χ3v) is 7.76. The van der Waals surface area contributed by atoms with Crippen LogP contribution in [-0.4, -0.2) is 44.3 Å². The van der Waals surface area contributed by atoms with Gasteiger partial charge in [-0.25, -0.2) is 8.42 Å². The summed E-state index contributed by atoms with van der Waals surface area (Å²) in [6.45, 7) is 5.79. The number of carbonyl (C=O) groups excluding carboxylic acids is 2. The Morgan fingerprint density at radius 3 is 2.08 bits per heavy atom. The van der Waals surface area contributed by atoms with Crippen LogP contribution in [0.1, 0.15) is 31.4 Å². The lowest BCUT2D eigenvalue weighted by Gasteiger charge is -2.32. The Morgan fingerprint density at radius 2 is 1.47 bits per heavy atom. The van der Waals surface area contributed by atoms with Crippen molar-refractivity contribution in [3.8, 4) is 0 Å². The van der Waals surface area contributed by atoms with E-state index in [1.165, 1.54) is 17.0 Å². The fourth-order valence-electron chi connectivity index (χ4n) is 3.79. The van der Waals surface area contributed by atoms with Gasteiger partial charge in [0.05, 0.1) is 10.6 Å². The monoisotopic (exact) mass is 507 g/mol. The topological polar surface area (TPSA) is 86.8 Å². The van der Waals surface area contributed by atoms with Crippen LogP contribution in [0.3, 0.4) is 0 Å². The predicted molar refractivity (Wildman–Crippen MR) is 142 cm³/mol. The van der Waals surface area contributed by atoms with Gasteiger partial charge in [-0.3, -0.25) is 13.9 Å². The second-order valence-corrected chi connectivity index (χ2v) is 10.4. The first-order valence-corrected chi connectivity index (χ1v) is 13.4. The molecule has 1 atom stereocenters. The number of nitrogens with one attached hydrogen (secondary N) is 1. The van der Waals surface area contributed by atoms with E-state index >= 15 is 0 Å². The van der Waals surface area contributed by atoms with Crippen molar-refractivity contribution in [2.45, 2.75) is 44.7 Å². The Balaban J connectivity index is 1.99. The van der Waals surface area contributed by atoms with Crippen molar-refractivity contribution >= 4 is 27.5 Å². The predicted octanol–water partition coefficient (Wildman–Crippen LogP) is 4.13. The molecule has 0 spiro atoms. The molecule has 1 N–H and O–H groups in total. The number of aryl methyl sites for hydroxylation is 1. The van der Waals surface area contributed by atoms with Gasteiger partial charge in [-0.05, 0) is 55.7 Å². The lowest BCUT2D eigenvalue weighted by Crippen LogP contribution is -2.51. The Morgan fingerprint density at radius 1 is 0.889 bits per heavy atom. The maximum Gasteiger partial charge on any atom is 0.264 e. The van der Waals surface area contributed by atoms with Crippen molar-refractivity contribution in [2.24, 2.45) is 0 Å². The molecule has 7 nitrogen and oxygen atoms in total. The Hall–Kier alpha value is -3.65. The average Bonchev–Trinajstić information content (AvgIpc) is 2.90. The first-order valence-electron chi connectivity index (χ1n) is 12.0. The summed E-state index contributed by atoms with van der Waals surface area (Å²) in [4.78, 5) is 28.2. The van der Waals surface area contributed by atoms with Crippen LogP contribution in [0.5, 0.6) is 0 Å². The zero-order valence-corrected chi connectivity index (χ0v) is 21.7. The third kappa shape index (κ3) is 6.51. The molecule has 0 aliphatic carbocycles. The second kappa shape index (κ2) is 12.4. The molecule has 8 heteroatoms. The molecule has 0 fully saturated rings. The first kappa shape index (κ1) is 26.9. The van der Waals surface area contributed by atoms with E-state index in [-0.39, 0.29) is 17.3 Å². The van der Waals surface area contributed by atoms with E-state index in [1.807, 2.05) is 38.1 Å². The van der Waals surface area contributed by atoms with E-state index in [9.17, 15) is 18.0 Å². The van der Waals surface area contributed by atoms with Crippen molar-refractivity contribution in [3.05, 3.63) is 96.1 Å². The van der Waals surface area contributed by atoms with Gasteiger partial charge >= 0.3 is 0 Å². The lowest BCUT2D eigenvalue weighted by molar-refractivity contribution is -0.139. The molecule has 3 aromatic carbocycles. The van der Waals surface area contributed by atoms with E-state index in [4.69, 9.17) is 0 Å². The SMILES string of the molecule is CCCNC(=O)[C@@H](C)N(Cc1ccccc1C)C(=O)CN(c1ccccc1)S(=O)(=O)c1ccccc1. The van der Waals surface area contributed by atoms with Gasteiger partial charge < -0.3 is 10.2 Å². The highest BCUT2D eigenvalue weighted by molar-refractivity contribution is 7.92. The maximum absolute atomic E-state index is 13.8. The van der Waals surface area contributed by atoms with Gasteiger partial charge in [0.1, 0.15) is 12.6 Å². The molecule has 0 radical (unpaired) electrons. The van der Waals surface area contributed by atoms with Gasteiger partial charge in [0.15, 0.2) is 0 Å². The van der Waals surface area contributed by atoms with Crippen LogP contribution in [-0.2, 0) is 26.2 Å². The van der Waals surface area contributed by atoms with Crippen molar-refractivity contribution in [1.82, 2.24) is 10.2 Å². The molecule has 0 bridgehead atoms. The van der Waals surface area contributed by atoms with Crippen LogP contribution in [0.25, 0.3) is 0 Å². The fourth-order valence-corrected chi connectivity index (χ4v) is 5.23. The average molecular weight is 508 g/mol. The van der Waals surface area contributed by atoms with Gasteiger partial charge in [0.25, 0.3) is 10.0 Å². The highest BCUT2D eigenvalue weighted by Crippen LogP contribution is 2.24. The number of rotatable bonds is 11. The summed E-state index contributed by atoms with van der Waals surface area (Å²) in [7, 11) is -4.04. The number of benzene rings is 3. The summed E-state index contributed by atoms with van der Waals surface area (Å²) < 4.78 is 28.4. The quantitative estimate of drug-likeness (QED) is 0.423. The second-order valence-electron chi connectivity index (χ2n) is 8.58. The Labute approximate surface area is 213 Å². The molecule has 0 aliphatic rings. The van der Waals surface area contributed by atoms with Gasteiger partial charge in [-0.1, -0.05) is 67.6 Å². The van der Waals surface area contributed by atoms with Crippen LogP contribution in [0.4, 0.5) is 5.69 Å². The summed E-state index contributed by atoms with van der Waals surface area (Å²) >= 11 is 0. The van der Waals surface area contributed by atoms with Crippen molar-refractivity contribution in [3.63, 3.8) is 0 Å². The number of hydrogen-bond donors (Lipinski definition) is 1. The molecule has 3 rings (SSSR count). The minimum atomic E-state index is -4.04. The van der Waals surface area contributed by atoms with Crippen molar-refractivity contribution < 1.29 is 18.0 Å². The highest BCUT2D eigenvalue weighted by Gasteiger charge is 2.32. The molecule has 190 valence electrons. The van der Waals surface area contributed by atoms with Crippen LogP contribution in [0.15, 0.2) is 89.8 Å². The molecule has 3 aromatic rings. The van der Waals surface area contributed by atoms with Crippen molar-refractivity contribution in [1.29, 1.82) is 0 Å². The first-order chi connectivity index (χ1) is 17.3. The van der Waals surface area contributed by atoms with E-state index in [0.717, 1.165) is 21.9 Å². The van der Waals surface area contributed by atoms with Crippen molar-refractivity contribution in [2.75, 3.05) is 17.4 Å².